The molecular weight excluding hydrogens is 312 g/mol. The van der Waals surface area contributed by atoms with Crippen molar-refractivity contribution in [2.45, 2.75) is 83.3 Å². The second-order valence-electron chi connectivity index (χ2n) is 7.97. The molecule has 1 aromatic rings. The maximum atomic E-state index is 5.82. The van der Waals surface area contributed by atoms with E-state index in [1.54, 1.807) is 0 Å². The molecule has 0 saturated heterocycles. The van der Waals surface area contributed by atoms with Crippen LogP contribution in [0.1, 0.15) is 69.8 Å². The van der Waals surface area contributed by atoms with Crippen molar-refractivity contribution < 1.29 is 9.47 Å². The van der Waals surface area contributed by atoms with Crippen LogP contribution in [0.3, 0.4) is 0 Å². The fraction of sp³-hybridized carbons (Fsp3) is 0.714. The Bertz CT molecular complexity index is 494. The number of benzene rings is 1. The predicted molar refractivity (Wildman–Crippen MR) is 107 cm³/mol. The van der Waals surface area contributed by atoms with Crippen molar-refractivity contribution in [3.8, 4) is 11.5 Å². The van der Waals surface area contributed by atoms with E-state index in [0.29, 0.717) is 5.92 Å². The highest BCUT2D eigenvalue weighted by Crippen LogP contribution is 2.43. The van der Waals surface area contributed by atoms with Crippen molar-refractivity contribution in [2.24, 2.45) is 0 Å². The third-order valence-corrected chi connectivity index (χ3v) is 9.20. The van der Waals surface area contributed by atoms with E-state index in [9.17, 15) is 0 Å². The molecule has 136 valence electrons. The molecule has 1 saturated carbocycles. The zero-order valence-corrected chi connectivity index (χ0v) is 17.4. The fourth-order valence-corrected chi connectivity index (χ4v) is 6.55. The fourth-order valence-electron chi connectivity index (χ4n) is 4.08. The van der Waals surface area contributed by atoms with Crippen LogP contribution in [0.15, 0.2) is 12.1 Å². The number of ether oxygens (including phenoxy) is 2. The first-order valence-electron chi connectivity index (χ1n) is 9.80. The van der Waals surface area contributed by atoms with Crippen molar-refractivity contribution in [2.75, 3.05) is 14.2 Å². The average Bonchev–Trinajstić information content (AvgIpc) is 3.11. The van der Waals surface area contributed by atoms with Crippen molar-refractivity contribution in [3.63, 3.8) is 0 Å². The summed E-state index contributed by atoms with van der Waals surface area (Å²) in [5, 5.41) is 1.48. The molecule has 1 aromatic carbocycles. The molecule has 1 aliphatic rings. The van der Waals surface area contributed by atoms with E-state index in [4.69, 9.17) is 9.47 Å². The Morgan fingerprint density at radius 1 is 0.958 bits per heavy atom. The molecular formula is C21H36O2Si. The molecule has 3 heteroatoms. The third kappa shape index (κ3) is 4.56. The first-order valence-corrected chi connectivity index (χ1v) is 13.0. The molecule has 0 unspecified atom stereocenters. The standard InChI is InChI=1S/C21H36O2Si/c1-6-7-8-11-14-24(4,5)18-15-19(22-2)21(20(16-18)23-3)17-12-9-10-13-17/h15-17H,6-14H2,1-5H3. The van der Waals surface area contributed by atoms with Crippen LogP contribution in [-0.2, 0) is 0 Å². The Hall–Kier alpha value is -0.963. The minimum Gasteiger partial charge on any atom is -0.496 e. The lowest BCUT2D eigenvalue weighted by Gasteiger charge is -2.27. The lowest BCUT2D eigenvalue weighted by molar-refractivity contribution is 0.379. The summed E-state index contributed by atoms with van der Waals surface area (Å²) in [4.78, 5) is 0. The molecule has 24 heavy (non-hydrogen) atoms. The van der Waals surface area contributed by atoms with Crippen LogP contribution < -0.4 is 14.7 Å². The molecule has 2 rings (SSSR count). The van der Waals surface area contributed by atoms with E-state index in [2.05, 4.69) is 32.2 Å². The third-order valence-electron chi connectivity index (χ3n) is 5.74. The van der Waals surface area contributed by atoms with Crippen molar-refractivity contribution in [1.29, 1.82) is 0 Å². The minimum absolute atomic E-state index is 0.610. The van der Waals surface area contributed by atoms with Crippen LogP contribution >= 0.6 is 0 Å². The van der Waals surface area contributed by atoms with Gasteiger partial charge in [0.25, 0.3) is 0 Å². The molecule has 1 aliphatic carbocycles. The van der Waals surface area contributed by atoms with Crippen molar-refractivity contribution in [1.82, 2.24) is 0 Å². The Balaban J connectivity index is 2.27. The average molecular weight is 349 g/mol. The first kappa shape index (κ1) is 19.4. The van der Waals surface area contributed by atoms with E-state index in [-0.39, 0.29) is 0 Å². The summed E-state index contributed by atoms with van der Waals surface area (Å²) in [6, 6.07) is 6.02. The van der Waals surface area contributed by atoms with Crippen molar-refractivity contribution in [3.05, 3.63) is 17.7 Å². The molecule has 0 bridgehead atoms. The summed E-state index contributed by atoms with van der Waals surface area (Å²) >= 11 is 0. The van der Waals surface area contributed by atoms with Gasteiger partial charge in [0, 0.05) is 5.56 Å². The zero-order chi connectivity index (χ0) is 17.6. The van der Waals surface area contributed by atoms with Gasteiger partial charge in [-0.1, -0.05) is 69.8 Å². The van der Waals surface area contributed by atoms with Crippen LogP contribution in [0.2, 0.25) is 19.1 Å². The summed E-state index contributed by atoms with van der Waals surface area (Å²) in [6.07, 6.45) is 10.6. The van der Waals surface area contributed by atoms with Crippen LogP contribution in [0.5, 0.6) is 11.5 Å². The summed E-state index contributed by atoms with van der Waals surface area (Å²) in [5.41, 5.74) is 1.32. The van der Waals surface area contributed by atoms with Crippen LogP contribution in [0.25, 0.3) is 0 Å². The second-order valence-corrected chi connectivity index (χ2v) is 12.8. The monoisotopic (exact) mass is 348 g/mol. The molecule has 0 spiro atoms. The molecule has 0 heterocycles. The smallest absolute Gasteiger partial charge is 0.125 e. The SMILES string of the molecule is CCCCCC[Si](C)(C)c1cc(OC)c(C2CCCC2)c(OC)c1. The second kappa shape index (κ2) is 8.94. The number of rotatable bonds is 9. The summed E-state index contributed by atoms with van der Waals surface area (Å²) in [5.74, 6) is 2.73. The molecule has 2 nitrogen and oxygen atoms in total. The van der Waals surface area contributed by atoms with Crippen molar-refractivity contribution >= 4 is 13.3 Å². The molecule has 0 radical (unpaired) electrons. The highest BCUT2D eigenvalue weighted by atomic mass is 28.3. The number of methoxy groups -OCH3 is 2. The van der Waals surface area contributed by atoms with Crippen LogP contribution in [0, 0.1) is 0 Å². The normalized spacial score (nSPS) is 15.7. The van der Waals surface area contributed by atoms with Gasteiger partial charge in [-0.05, 0) is 30.9 Å². The van der Waals surface area contributed by atoms with E-state index in [1.165, 1.54) is 68.2 Å². The van der Waals surface area contributed by atoms with E-state index in [0.717, 1.165) is 11.5 Å². The minimum atomic E-state index is -1.45. The highest BCUT2D eigenvalue weighted by Gasteiger charge is 2.29. The van der Waals surface area contributed by atoms with Gasteiger partial charge < -0.3 is 9.47 Å². The Labute approximate surface area is 150 Å². The van der Waals surface area contributed by atoms with Crippen LogP contribution in [-0.4, -0.2) is 22.3 Å². The predicted octanol–water partition coefficient (Wildman–Crippen LogP) is 5.86. The lowest BCUT2D eigenvalue weighted by Crippen LogP contribution is -2.41. The first-order chi connectivity index (χ1) is 11.5. The van der Waals surface area contributed by atoms with Gasteiger partial charge in [0.2, 0.25) is 0 Å². The summed E-state index contributed by atoms with van der Waals surface area (Å²) < 4.78 is 11.6. The van der Waals surface area contributed by atoms with Gasteiger partial charge in [0.05, 0.1) is 22.3 Å². The summed E-state index contributed by atoms with van der Waals surface area (Å²) in [6.45, 7) is 7.25. The van der Waals surface area contributed by atoms with Gasteiger partial charge in [-0.25, -0.2) is 0 Å². The summed E-state index contributed by atoms with van der Waals surface area (Å²) in [7, 11) is 2.18. The Morgan fingerprint density at radius 3 is 2.04 bits per heavy atom. The van der Waals surface area contributed by atoms with Gasteiger partial charge in [0.1, 0.15) is 11.5 Å². The molecule has 0 aliphatic heterocycles. The number of hydrogen-bond acceptors (Lipinski definition) is 2. The van der Waals surface area contributed by atoms with Gasteiger partial charge in [-0.2, -0.15) is 0 Å². The molecule has 1 fully saturated rings. The maximum absolute atomic E-state index is 5.82. The lowest BCUT2D eigenvalue weighted by atomic mass is 9.95. The maximum Gasteiger partial charge on any atom is 0.125 e. The molecule has 0 atom stereocenters. The van der Waals surface area contributed by atoms with E-state index >= 15 is 0 Å². The van der Waals surface area contributed by atoms with Gasteiger partial charge in [-0.15, -0.1) is 0 Å². The molecule has 0 aromatic heterocycles. The van der Waals surface area contributed by atoms with E-state index in [1.807, 2.05) is 14.2 Å². The van der Waals surface area contributed by atoms with Gasteiger partial charge in [-0.3, -0.25) is 0 Å². The van der Waals surface area contributed by atoms with E-state index < -0.39 is 8.07 Å². The number of hydrogen-bond donors (Lipinski definition) is 0. The molecule has 0 N–H and O–H groups in total. The van der Waals surface area contributed by atoms with Gasteiger partial charge in [0.15, 0.2) is 0 Å². The molecule has 0 amide bonds. The topological polar surface area (TPSA) is 18.5 Å². The highest BCUT2D eigenvalue weighted by molar-refractivity contribution is 6.89. The van der Waals surface area contributed by atoms with Crippen LogP contribution in [0.4, 0.5) is 0 Å². The Morgan fingerprint density at radius 2 is 1.54 bits per heavy atom. The Kier molecular flexibility index (Phi) is 7.21. The quantitative estimate of drug-likeness (QED) is 0.411. The van der Waals surface area contributed by atoms with Gasteiger partial charge >= 0.3 is 0 Å². The zero-order valence-electron chi connectivity index (χ0n) is 16.4. The number of unbranched alkanes of at least 4 members (excludes halogenated alkanes) is 3. The largest absolute Gasteiger partial charge is 0.496 e.